The van der Waals surface area contributed by atoms with E-state index < -0.39 is 0 Å². The van der Waals surface area contributed by atoms with Gasteiger partial charge in [0.2, 0.25) is 0 Å². The van der Waals surface area contributed by atoms with E-state index in [4.69, 9.17) is 4.74 Å². The van der Waals surface area contributed by atoms with Crippen LogP contribution in [0.2, 0.25) is 0 Å². The van der Waals surface area contributed by atoms with E-state index in [1.54, 1.807) is 13.4 Å². The summed E-state index contributed by atoms with van der Waals surface area (Å²) in [4.78, 5) is 0. The molecular formula is C14H13BrO. The van der Waals surface area contributed by atoms with E-state index in [0.29, 0.717) is 0 Å². The van der Waals surface area contributed by atoms with Crippen molar-refractivity contribution in [3.8, 4) is 0 Å². The Hall–Kier alpha value is -1.28. The summed E-state index contributed by atoms with van der Waals surface area (Å²) in [5.74, 6) is 0. The summed E-state index contributed by atoms with van der Waals surface area (Å²) >= 11 is 3.66. The molecular weight excluding hydrogens is 264 g/mol. The van der Waals surface area contributed by atoms with Gasteiger partial charge in [0.1, 0.15) is 0 Å². The smallest absolute Gasteiger partial charge is 0.0788 e. The first-order chi connectivity index (χ1) is 7.83. The van der Waals surface area contributed by atoms with Crippen LogP contribution in [0.15, 0.2) is 53.2 Å². The summed E-state index contributed by atoms with van der Waals surface area (Å²) in [6, 6.07) is 12.7. The first kappa shape index (κ1) is 11.2. The zero-order chi connectivity index (χ0) is 11.4. The molecule has 0 bridgehead atoms. The number of hydrogen-bond donors (Lipinski definition) is 0. The van der Waals surface area contributed by atoms with Gasteiger partial charge in [0, 0.05) is 4.47 Å². The lowest BCUT2D eigenvalue weighted by Crippen LogP contribution is -1.85. The summed E-state index contributed by atoms with van der Waals surface area (Å²) < 4.78 is 6.07. The molecule has 0 fully saturated rings. The van der Waals surface area contributed by atoms with Crippen molar-refractivity contribution in [3.05, 3.63) is 58.8 Å². The molecule has 16 heavy (non-hydrogen) atoms. The van der Waals surface area contributed by atoms with Crippen LogP contribution in [-0.2, 0) is 11.2 Å². The van der Waals surface area contributed by atoms with Gasteiger partial charge in [-0.3, -0.25) is 0 Å². The number of hydrogen-bond acceptors (Lipinski definition) is 1. The molecule has 1 nitrogen and oxygen atoms in total. The predicted molar refractivity (Wildman–Crippen MR) is 71.5 cm³/mol. The highest BCUT2D eigenvalue weighted by Crippen LogP contribution is 2.28. The third-order valence-corrected chi connectivity index (χ3v) is 3.45. The molecule has 82 valence electrons. The average Bonchev–Trinajstić information content (AvgIpc) is 2.33. The Kier molecular flexibility index (Phi) is 3.62. The van der Waals surface area contributed by atoms with Crippen molar-refractivity contribution < 1.29 is 4.74 Å². The Morgan fingerprint density at radius 2 is 2.00 bits per heavy atom. The van der Waals surface area contributed by atoms with Gasteiger partial charge in [-0.25, -0.2) is 0 Å². The minimum atomic E-state index is 0.874. The fourth-order valence-corrected chi connectivity index (χ4v) is 2.36. The summed E-state index contributed by atoms with van der Waals surface area (Å²) in [7, 11) is 1.66. The van der Waals surface area contributed by atoms with Gasteiger partial charge in [-0.05, 0) is 44.8 Å². The highest BCUT2D eigenvalue weighted by Gasteiger charge is 2.02. The Labute approximate surface area is 104 Å². The molecule has 0 saturated carbocycles. The topological polar surface area (TPSA) is 9.23 Å². The maximum atomic E-state index is 4.90. The van der Waals surface area contributed by atoms with E-state index in [0.717, 1.165) is 6.42 Å². The number of allylic oxidation sites excluding steroid dienone is 1. The molecule has 0 atom stereocenters. The van der Waals surface area contributed by atoms with Gasteiger partial charge in [0.25, 0.3) is 0 Å². The fourth-order valence-electron chi connectivity index (χ4n) is 1.71. The first-order valence-corrected chi connectivity index (χ1v) is 5.96. The van der Waals surface area contributed by atoms with Crippen molar-refractivity contribution in [3.63, 3.8) is 0 Å². The number of benzene rings is 2. The van der Waals surface area contributed by atoms with Crippen molar-refractivity contribution in [2.75, 3.05) is 7.11 Å². The molecule has 0 amide bonds. The molecule has 0 aliphatic rings. The van der Waals surface area contributed by atoms with E-state index in [1.165, 1.54) is 20.8 Å². The Balaban J connectivity index is 2.40. The quantitative estimate of drug-likeness (QED) is 0.760. The lowest BCUT2D eigenvalue weighted by Gasteiger charge is -2.05. The molecule has 0 spiro atoms. The molecule has 2 heteroatoms. The number of methoxy groups -OCH3 is 1. The van der Waals surface area contributed by atoms with Gasteiger partial charge in [-0.1, -0.05) is 36.4 Å². The minimum absolute atomic E-state index is 0.874. The fraction of sp³-hybridized carbons (Fsp3) is 0.143. The molecule has 0 radical (unpaired) electrons. The molecule has 2 aromatic rings. The van der Waals surface area contributed by atoms with Crippen LogP contribution < -0.4 is 0 Å². The van der Waals surface area contributed by atoms with E-state index in [1.807, 2.05) is 6.08 Å². The van der Waals surface area contributed by atoms with Crippen LogP contribution in [0.3, 0.4) is 0 Å². The van der Waals surface area contributed by atoms with Crippen LogP contribution >= 0.6 is 15.9 Å². The molecule has 0 heterocycles. The second-order valence-corrected chi connectivity index (χ2v) is 4.36. The van der Waals surface area contributed by atoms with E-state index in [-0.39, 0.29) is 0 Å². The van der Waals surface area contributed by atoms with Crippen LogP contribution in [0.5, 0.6) is 0 Å². The van der Waals surface area contributed by atoms with Crippen LogP contribution in [-0.4, -0.2) is 7.11 Å². The van der Waals surface area contributed by atoms with E-state index in [2.05, 4.69) is 52.3 Å². The van der Waals surface area contributed by atoms with Crippen molar-refractivity contribution in [1.29, 1.82) is 0 Å². The third kappa shape index (κ3) is 2.27. The summed E-state index contributed by atoms with van der Waals surface area (Å²) in [5.41, 5.74) is 1.27. The van der Waals surface area contributed by atoms with Crippen molar-refractivity contribution in [2.24, 2.45) is 0 Å². The van der Waals surface area contributed by atoms with Gasteiger partial charge >= 0.3 is 0 Å². The average molecular weight is 277 g/mol. The number of fused-ring (bicyclic) bond motifs is 1. The minimum Gasteiger partial charge on any atom is -0.505 e. The Bertz CT molecular complexity index is 517. The summed E-state index contributed by atoms with van der Waals surface area (Å²) in [6.07, 6.45) is 4.59. The highest BCUT2D eigenvalue weighted by atomic mass is 79.9. The monoisotopic (exact) mass is 276 g/mol. The standard InChI is InChI=1S/C14H13BrO/c1-16-10-4-6-12-9-8-11-5-2-3-7-13(11)14(12)15/h2-5,7-10H,6H2,1H3. The van der Waals surface area contributed by atoms with Crippen LogP contribution in [0.4, 0.5) is 0 Å². The Morgan fingerprint density at radius 1 is 1.19 bits per heavy atom. The van der Waals surface area contributed by atoms with Gasteiger partial charge < -0.3 is 4.74 Å². The maximum Gasteiger partial charge on any atom is 0.0788 e. The van der Waals surface area contributed by atoms with E-state index >= 15 is 0 Å². The zero-order valence-electron chi connectivity index (χ0n) is 9.11. The third-order valence-electron chi connectivity index (χ3n) is 2.51. The van der Waals surface area contributed by atoms with Gasteiger partial charge in [-0.15, -0.1) is 0 Å². The van der Waals surface area contributed by atoms with Crippen LogP contribution in [0, 0.1) is 0 Å². The van der Waals surface area contributed by atoms with Crippen molar-refractivity contribution in [2.45, 2.75) is 6.42 Å². The largest absolute Gasteiger partial charge is 0.505 e. The second kappa shape index (κ2) is 5.17. The molecule has 0 aliphatic carbocycles. The summed E-state index contributed by atoms with van der Waals surface area (Å²) in [5, 5.41) is 2.51. The van der Waals surface area contributed by atoms with Crippen molar-refractivity contribution >= 4 is 26.7 Å². The van der Waals surface area contributed by atoms with Crippen LogP contribution in [0.25, 0.3) is 10.8 Å². The maximum absolute atomic E-state index is 4.90. The number of ether oxygens (including phenoxy) is 1. The normalized spacial score (nSPS) is 11.1. The lowest BCUT2D eigenvalue weighted by molar-refractivity contribution is 0.337. The zero-order valence-corrected chi connectivity index (χ0v) is 10.7. The summed E-state index contributed by atoms with van der Waals surface area (Å²) in [6.45, 7) is 0. The first-order valence-electron chi connectivity index (χ1n) is 5.17. The van der Waals surface area contributed by atoms with Gasteiger partial charge in [0.15, 0.2) is 0 Å². The highest BCUT2D eigenvalue weighted by molar-refractivity contribution is 9.10. The second-order valence-electron chi connectivity index (χ2n) is 3.57. The molecule has 2 aromatic carbocycles. The molecule has 2 rings (SSSR count). The van der Waals surface area contributed by atoms with Crippen LogP contribution in [0.1, 0.15) is 5.56 Å². The SMILES string of the molecule is COC=CCc1ccc2ccccc2c1Br. The van der Waals surface area contributed by atoms with Crippen molar-refractivity contribution in [1.82, 2.24) is 0 Å². The predicted octanol–water partition coefficient (Wildman–Crippen LogP) is 4.30. The molecule has 0 unspecified atom stereocenters. The molecule has 0 saturated heterocycles. The number of halogens is 1. The molecule has 0 aromatic heterocycles. The van der Waals surface area contributed by atoms with Gasteiger partial charge in [0.05, 0.1) is 13.4 Å². The number of rotatable bonds is 3. The molecule has 0 N–H and O–H groups in total. The molecule has 0 aliphatic heterocycles. The Morgan fingerprint density at radius 3 is 2.81 bits per heavy atom. The van der Waals surface area contributed by atoms with E-state index in [9.17, 15) is 0 Å². The van der Waals surface area contributed by atoms with Gasteiger partial charge in [-0.2, -0.15) is 0 Å². The lowest BCUT2D eigenvalue weighted by atomic mass is 10.1.